The number of halogens is 4. The van der Waals surface area contributed by atoms with Gasteiger partial charge in [-0.3, -0.25) is 9.78 Å². The normalized spacial score (nSPS) is 16.1. The molecule has 0 radical (unpaired) electrons. The number of nitrogen functional groups attached to an aromatic ring is 1. The number of fused-ring (bicyclic) bond motifs is 2. The highest BCUT2D eigenvalue weighted by Gasteiger charge is 2.38. The lowest BCUT2D eigenvalue weighted by Gasteiger charge is -2.40. The van der Waals surface area contributed by atoms with E-state index in [2.05, 4.69) is 16.5 Å². The Morgan fingerprint density at radius 3 is 2.68 bits per heavy atom. The van der Waals surface area contributed by atoms with Crippen molar-refractivity contribution >= 4 is 63.2 Å². The van der Waals surface area contributed by atoms with Gasteiger partial charge in [-0.05, 0) is 36.6 Å². The van der Waals surface area contributed by atoms with Crippen LogP contribution in [0.15, 0.2) is 35.8 Å². The molecule has 2 N–H and O–H groups in total. The first-order chi connectivity index (χ1) is 20.9. The monoisotopic (exact) mass is 657 g/mol. The summed E-state index contributed by atoms with van der Waals surface area (Å²) < 4.78 is 23.4. The van der Waals surface area contributed by atoms with Gasteiger partial charge in [0.25, 0.3) is 0 Å². The van der Waals surface area contributed by atoms with E-state index in [9.17, 15) is 9.59 Å². The molecule has 1 fully saturated rings. The van der Waals surface area contributed by atoms with E-state index in [1.54, 1.807) is 17.2 Å². The van der Waals surface area contributed by atoms with Crippen molar-refractivity contribution in [2.24, 2.45) is 0 Å². The summed E-state index contributed by atoms with van der Waals surface area (Å²) in [6.45, 7) is 10.4. The first-order valence-electron chi connectivity index (χ1n) is 13.8. The Hall–Kier alpha value is -3.93. The van der Waals surface area contributed by atoms with Gasteiger partial charge >= 0.3 is 5.69 Å². The molecule has 1 aromatic carbocycles. The molecule has 14 heteroatoms. The van der Waals surface area contributed by atoms with E-state index in [-0.39, 0.29) is 80.2 Å². The van der Waals surface area contributed by atoms with Crippen LogP contribution in [0, 0.1) is 12.7 Å². The molecular formula is C30H27Cl3FN7O3. The third kappa shape index (κ3) is 4.65. The van der Waals surface area contributed by atoms with Crippen molar-refractivity contribution in [2.45, 2.75) is 32.7 Å². The van der Waals surface area contributed by atoms with E-state index < -0.39 is 11.5 Å². The largest absolute Gasteiger partial charge is 0.489 e. The van der Waals surface area contributed by atoms with Crippen LogP contribution < -0.4 is 21.1 Å². The number of rotatable bonds is 4. The first-order valence-corrected chi connectivity index (χ1v) is 14.9. The van der Waals surface area contributed by atoms with Crippen LogP contribution in [0.1, 0.15) is 31.0 Å². The highest BCUT2D eigenvalue weighted by molar-refractivity contribution is 6.39. The van der Waals surface area contributed by atoms with Gasteiger partial charge in [0.05, 0.1) is 38.7 Å². The summed E-state index contributed by atoms with van der Waals surface area (Å²) in [5, 5.41) is -0.0146. The summed E-state index contributed by atoms with van der Waals surface area (Å²) in [7, 11) is 0. The predicted octanol–water partition coefficient (Wildman–Crippen LogP) is 5.55. The van der Waals surface area contributed by atoms with E-state index in [1.165, 1.54) is 16.7 Å². The van der Waals surface area contributed by atoms with Gasteiger partial charge in [-0.1, -0.05) is 55.2 Å². The lowest BCUT2D eigenvalue weighted by atomic mass is 10.0. The Morgan fingerprint density at radius 2 is 1.98 bits per heavy atom. The highest BCUT2D eigenvalue weighted by atomic mass is 35.5. The summed E-state index contributed by atoms with van der Waals surface area (Å²) in [4.78, 5) is 44.1. The molecule has 228 valence electrons. The zero-order chi connectivity index (χ0) is 31.6. The minimum Gasteiger partial charge on any atom is -0.489 e. The van der Waals surface area contributed by atoms with Crippen molar-refractivity contribution < 1.29 is 13.9 Å². The fraction of sp³-hybridized carbons (Fsp3) is 0.300. The Kier molecular flexibility index (Phi) is 7.67. The van der Waals surface area contributed by atoms with Gasteiger partial charge in [0.1, 0.15) is 28.5 Å². The second-order valence-electron chi connectivity index (χ2n) is 11.0. The molecule has 5 heterocycles. The first kappa shape index (κ1) is 30.1. The Morgan fingerprint density at radius 1 is 1.23 bits per heavy atom. The number of hydrogen-bond acceptors (Lipinski definition) is 8. The molecule has 0 saturated carbocycles. The number of carbonyl (C=O) groups is 1. The number of benzene rings is 1. The molecule has 0 spiro atoms. The average molecular weight is 659 g/mol. The standard InChI is InChI=1S/C30H27Cl3FN7O3/c1-5-18(42)39-8-9-40-15(11-39)12-44-27-20-28(40)38-30(43)41(26-14(4)6-7-36-24(26)13(2)3)29(20)37-25(21(27)33)19-22(34)16(31)10-17(32)23(19)35/h5-7,10,13,15H,1,8-9,11-12,35H2,2-4H3. The third-order valence-electron chi connectivity index (χ3n) is 7.94. The van der Waals surface area contributed by atoms with Gasteiger partial charge in [-0.15, -0.1) is 0 Å². The van der Waals surface area contributed by atoms with Crippen molar-refractivity contribution in [3.63, 3.8) is 0 Å². The van der Waals surface area contributed by atoms with E-state index >= 15 is 4.39 Å². The molecule has 1 atom stereocenters. The maximum atomic E-state index is 15.7. The molecule has 3 aromatic heterocycles. The summed E-state index contributed by atoms with van der Waals surface area (Å²) in [6.07, 6.45) is 2.92. The van der Waals surface area contributed by atoms with Crippen LogP contribution in [0.4, 0.5) is 15.9 Å². The Bertz CT molecular complexity index is 1920. The van der Waals surface area contributed by atoms with Gasteiger partial charge in [0, 0.05) is 25.8 Å². The fourth-order valence-corrected chi connectivity index (χ4v) is 6.55. The van der Waals surface area contributed by atoms with Gasteiger partial charge in [0.15, 0.2) is 17.2 Å². The number of anilines is 2. The molecule has 0 bridgehead atoms. The number of hydrogen-bond donors (Lipinski definition) is 1. The lowest BCUT2D eigenvalue weighted by Crippen LogP contribution is -2.56. The molecule has 10 nitrogen and oxygen atoms in total. The number of pyridine rings is 2. The predicted molar refractivity (Wildman–Crippen MR) is 170 cm³/mol. The van der Waals surface area contributed by atoms with Crippen LogP contribution in [0.25, 0.3) is 28.0 Å². The number of amides is 1. The molecular weight excluding hydrogens is 632 g/mol. The van der Waals surface area contributed by atoms with Gasteiger partial charge < -0.3 is 20.3 Å². The van der Waals surface area contributed by atoms with Crippen LogP contribution >= 0.6 is 34.8 Å². The Balaban J connectivity index is 1.74. The average Bonchev–Trinajstić information content (AvgIpc) is 3.15. The molecule has 2 aliphatic heterocycles. The van der Waals surface area contributed by atoms with Crippen LogP contribution in [0.5, 0.6) is 5.75 Å². The van der Waals surface area contributed by atoms with Gasteiger partial charge in [-0.2, -0.15) is 4.98 Å². The molecule has 44 heavy (non-hydrogen) atoms. The van der Waals surface area contributed by atoms with Crippen LogP contribution in [0.3, 0.4) is 0 Å². The van der Waals surface area contributed by atoms with Crippen molar-refractivity contribution in [2.75, 3.05) is 36.9 Å². The van der Waals surface area contributed by atoms with E-state index in [0.29, 0.717) is 29.9 Å². The van der Waals surface area contributed by atoms with E-state index in [0.717, 1.165) is 5.56 Å². The molecule has 0 aliphatic carbocycles. The fourth-order valence-electron chi connectivity index (χ4n) is 5.80. The van der Waals surface area contributed by atoms with E-state index in [1.807, 2.05) is 25.7 Å². The summed E-state index contributed by atoms with van der Waals surface area (Å²) in [6, 6.07) is 2.58. The molecule has 2 aliphatic rings. The SMILES string of the molecule is C=CC(=O)N1CCN2c3nc(=O)n(-c4c(C)ccnc4C(C)C)c4nc(-c5c(N)c(Cl)cc(Cl)c5F)c(Cl)c(c34)OCC2C1. The van der Waals surface area contributed by atoms with Gasteiger partial charge in [-0.25, -0.2) is 18.7 Å². The lowest BCUT2D eigenvalue weighted by molar-refractivity contribution is -0.126. The van der Waals surface area contributed by atoms with E-state index in [4.69, 9.17) is 50.3 Å². The molecule has 1 saturated heterocycles. The third-order valence-corrected chi connectivity index (χ3v) is 8.87. The van der Waals surface area contributed by atoms with Crippen molar-refractivity contribution in [1.29, 1.82) is 0 Å². The van der Waals surface area contributed by atoms with Crippen molar-refractivity contribution in [3.05, 3.63) is 73.6 Å². The number of nitrogens with zero attached hydrogens (tertiary/aromatic N) is 6. The van der Waals surface area contributed by atoms with Crippen molar-refractivity contribution in [1.82, 2.24) is 24.4 Å². The number of carbonyl (C=O) groups excluding carboxylic acids is 1. The second-order valence-corrected chi connectivity index (χ2v) is 12.2. The smallest absolute Gasteiger partial charge is 0.355 e. The molecule has 1 amide bonds. The number of aromatic nitrogens is 4. The zero-order valence-electron chi connectivity index (χ0n) is 24.0. The summed E-state index contributed by atoms with van der Waals surface area (Å²) >= 11 is 19.5. The maximum Gasteiger partial charge on any atom is 0.355 e. The number of aryl methyl sites for hydroxylation is 1. The molecule has 6 rings (SSSR count). The topological polar surface area (TPSA) is 119 Å². The van der Waals surface area contributed by atoms with Crippen LogP contribution in [0.2, 0.25) is 15.1 Å². The van der Waals surface area contributed by atoms with Crippen LogP contribution in [-0.4, -0.2) is 62.6 Å². The van der Waals surface area contributed by atoms with Crippen molar-refractivity contribution in [3.8, 4) is 22.7 Å². The van der Waals surface area contributed by atoms with Gasteiger partial charge in [0.2, 0.25) is 5.91 Å². The highest BCUT2D eigenvalue weighted by Crippen LogP contribution is 2.48. The second kappa shape index (κ2) is 11.2. The Labute approximate surface area is 266 Å². The summed E-state index contributed by atoms with van der Waals surface area (Å²) in [5.74, 6) is -0.775. The quantitative estimate of drug-likeness (QED) is 0.172. The molecule has 1 unspecified atom stereocenters. The minimum absolute atomic E-state index is 0.00161. The minimum atomic E-state index is -0.886. The number of nitrogens with two attached hydrogens (primary N) is 1. The molecule has 4 aromatic rings. The number of piperazine rings is 1. The number of ether oxygens (including phenoxy) is 1. The maximum absolute atomic E-state index is 15.7. The zero-order valence-corrected chi connectivity index (χ0v) is 26.3. The summed E-state index contributed by atoms with van der Waals surface area (Å²) in [5.41, 5.74) is 7.10. The van der Waals surface area contributed by atoms with Crippen LogP contribution in [-0.2, 0) is 4.79 Å².